The van der Waals surface area contributed by atoms with E-state index in [0.717, 1.165) is 18.5 Å². The minimum Gasteiger partial charge on any atom is -0.361 e. The quantitative estimate of drug-likeness (QED) is 0.109. The highest BCUT2D eigenvalue weighted by Crippen LogP contribution is 2.12. The molecule has 0 aliphatic heterocycles. The fourth-order valence-corrected chi connectivity index (χ4v) is 3.57. The van der Waals surface area contributed by atoms with Crippen molar-refractivity contribution in [1.29, 1.82) is 0 Å². The Bertz CT molecular complexity index is 569. The highest BCUT2D eigenvalue weighted by atomic mass is 32.1. The first-order chi connectivity index (χ1) is 14.8. The lowest BCUT2D eigenvalue weighted by molar-refractivity contribution is 0.535. The highest BCUT2D eigenvalue weighted by molar-refractivity contribution is 7.80. The van der Waals surface area contributed by atoms with Gasteiger partial charge in [-0.15, -0.1) is 0 Å². The largest absolute Gasteiger partial charge is 0.361 e. The van der Waals surface area contributed by atoms with Crippen molar-refractivity contribution in [2.45, 2.75) is 96.8 Å². The Morgan fingerprint density at radius 3 is 1.90 bits per heavy atom. The first-order valence-corrected chi connectivity index (χ1v) is 12.5. The van der Waals surface area contributed by atoms with Crippen LogP contribution in [0.3, 0.4) is 0 Å². The van der Waals surface area contributed by atoms with Crippen LogP contribution in [0, 0.1) is 0 Å². The second kappa shape index (κ2) is 20.6. The minimum absolute atomic E-state index is 0.592. The van der Waals surface area contributed by atoms with Gasteiger partial charge in [-0.3, -0.25) is 5.43 Å². The first-order valence-electron chi connectivity index (χ1n) is 12.1. The average molecular weight is 430 g/mol. The molecule has 0 aliphatic carbocycles. The van der Waals surface area contributed by atoms with Crippen LogP contribution in [0.2, 0.25) is 0 Å². The van der Waals surface area contributed by atoms with Crippen LogP contribution < -0.4 is 10.7 Å². The highest BCUT2D eigenvalue weighted by Gasteiger charge is 1.95. The zero-order chi connectivity index (χ0) is 21.5. The van der Waals surface area contributed by atoms with E-state index in [2.05, 4.69) is 34.9 Å². The van der Waals surface area contributed by atoms with Crippen LogP contribution in [-0.4, -0.2) is 17.9 Å². The van der Waals surface area contributed by atoms with Gasteiger partial charge in [0.15, 0.2) is 5.11 Å². The van der Waals surface area contributed by atoms with Crippen molar-refractivity contribution in [2.75, 3.05) is 6.54 Å². The van der Waals surface area contributed by atoms with E-state index in [1.165, 1.54) is 83.5 Å². The molecule has 0 heterocycles. The zero-order valence-corrected chi connectivity index (χ0v) is 19.9. The molecule has 0 spiro atoms. The Balaban J connectivity index is 1.82. The number of allylic oxidation sites excluding steroid dienone is 1. The molecule has 0 atom stereocenters. The smallest absolute Gasteiger partial charge is 0.186 e. The van der Waals surface area contributed by atoms with Crippen molar-refractivity contribution in [2.24, 2.45) is 5.10 Å². The molecule has 168 valence electrons. The van der Waals surface area contributed by atoms with Gasteiger partial charge in [-0.05, 0) is 30.3 Å². The number of hydrogen-bond acceptors (Lipinski definition) is 2. The molecule has 0 saturated carbocycles. The first kappa shape index (κ1) is 26.4. The number of thiocarbonyl (C=S) groups is 1. The molecule has 4 heteroatoms. The van der Waals surface area contributed by atoms with E-state index >= 15 is 0 Å². The molecule has 3 nitrogen and oxygen atoms in total. The molecule has 0 unspecified atom stereocenters. The third-order valence-electron chi connectivity index (χ3n) is 5.23. The maximum absolute atomic E-state index is 5.24. The number of nitrogens with one attached hydrogen (secondary N) is 2. The van der Waals surface area contributed by atoms with Crippen molar-refractivity contribution >= 4 is 29.6 Å². The molecule has 0 aromatic heterocycles. The number of nitrogens with zero attached hydrogens (tertiary/aromatic N) is 1. The van der Waals surface area contributed by atoms with Crippen molar-refractivity contribution in [3.05, 3.63) is 42.0 Å². The van der Waals surface area contributed by atoms with Crippen molar-refractivity contribution < 1.29 is 0 Å². The summed E-state index contributed by atoms with van der Waals surface area (Å²) in [6, 6.07) is 10.2. The summed E-state index contributed by atoms with van der Waals surface area (Å²) in [6.07, 6.45) is 25.0. The lowest BCUT2D eigenvalue weighted by Gasteiger charge is -2.06. The lowest BCUT2D eigenvalue weighted by atomic mass is 10.0. The van der Waals surface area contributed by atoms with E-state index in [9.17, 15) is 0 Å². The van der Waals surface area contributed by atoms with Crippen LogP contribution in [0.5, 0.6) is 0 Å². The molecule has 1 rings (SSSR count). The maximum atomic E-state index is 5.24. The minimum atomic E-state index is 0.592. The molecular formula is C26H43N3S. The number of rotatable bonds is 18. The van der Waals surface area contributed by atoms with Gasteiger partial charge < -0.3 is 5.32 Å². The van der Waals surface area contributed by atoms with Crippen LogP contribution in [0.15, 0.2) is 41.5 Å². The van der Waals surface area contributed by atoms with Gasteiger partial charge in [0.2, 0.25) is 0 Å². The summed E-state index contributed by atoms with van der Waals surface area (Å²) in [7, 11) is 0. The summed E-state index contributed by atoms with van der Waals surface area (Å²) in [5, 5.41) is 7.92. The Morgan fingerprint density at radius 2 is 1.33 bits per heavy atom. The monoisotopic (exact) mass is 429 g/mol. The molecule has 1 aromatic rings. The molecule has 0 aliphatic rings. The normalized spacial score (nSPS) is 11.4. The van der Waals surface area contributed by atoms with Crippen LogP contribution in [0.4, 0.5) is 0 Å². The number of hydrazone groups is 1. The van der Waals surface area contributed by atoms with Gasteiger partial charge in [-0.1, -0.05) is 127 Å². The molecule has 0 fully saturated rings. The van der Waals surface area contributed by atoms with Crippen LogP contribution in [0.1, 0.15) is 102 Å². The van der Waals surface area contributed by atoms with Gasteiger partial charge in [0, 0.05) is 12.8 Å². The van der Waals surface area contributed by atoms with Gasteiger partial charge in [0.05, 0.1) is 0 Å². The van der Waals surface area contributed by atoms with Crippen molar-refractivity contribution in [3.63, 3.8) is 0 Å². The molecule has 30 heavy (non-hydrogen) atoms. The van der Waals surface area contributed by atoms with Gasteiger partial charge in [0.25, 0.3) is 0 Å². The van der Waals surface area contributed by atoms with E-state index in [0.29, 0.717) is 5.11 Å². The Kier molecular flexibility index (Phi) is 18.1. The SMILES string of the molecule is CCCCCCCCCCCCCCCCNC(=S)N/N=C\C=C/c1ccccc1. The van der Waals surface area contributed by atoms with E-state index in [1.54, 1.807) is 6.21 Å². The van der Waals surface area contributed by atoms with Crippen molar-refractivity contribution in [1.82, 2.24) is 10.7 Å². The summed E-state index contributed by atoms with van der Waals surface area (Å²) in [5.41, 5.74) is 4.01. The van der Waals surface area contributed by atoms with Crippen LogP contribution in [0.25, 0.3) is 6.08 Å². The van der Waals surface area contributed by atoms with Crippen LogP contribution in [-0.2, 0) is 0 Å². The number of unbranched alkanes of at least 4 members (excludes halogenated alkanes) is 13. The third kappa shape index (κ3) is 17.2. The number of benzene rings is 1. The Labute approximate surface area is 190 Å². The molecule has 1 aromatic carbocycles. The molecule has 0 bridgehead atoms. The second-order valence-corrected chi connectivity index (χ2v) is 8.42. The molecule has 0 radical (unpaired) electrons. The predicted octanol–water partition coefficient (Wildman–Crippen LogP) is 7.63. The molecule has 2 N–H and O–H groups in total. The van der Waals surface area contributed by atoms with Crippen molar-refractivity contribution in [3.8, 4) is 0 Å². The molecular weight excluding hydrogens is 386 g/mol. The standard InChI is InChI=1S/C26H43N3S/c1-2-3-4-5-6-7-8-9-10-11-12-13-14-18-23-27-26(30)29-28-24-19-22-25-20-16-15-17-21-25/h15-17,19-22,24H,2-14,18,23H2,1H3,(H2,27,29,30)/b22-19-,28-24-. The van der Waals surface area contributed by atoms with Gasteiger partial charge in [-0.2, -0.15) is 5.10 Å². The predicted molar refractivity (Wildman–Crippen MR) is 138 cm³/mol. The fourth-order valence-electron chi connectivity index (χ4n) is 3.42. The third-order valence-corrected chi connectivity index (χ3v) is 5.47. The summed E-state index contributed by atoms with van der Waals surface area (Å²) in [6.45, 7) is 3.20. The topological polar surface area (TPSA) is 36.4 Å². The average Bonchev–Trinajstić information content (AvgIpc) is 2.77. The number of hydrogen-bond donors (Lipinski definition) is 2. The summed E-state index contributed by atoms with van der Waals surface area (Å²) in [5.74, 6) is 0. The van der Waals surface area contributed by atoms with E-state index in [4.69, 9.17) is 12.2 Å². The lowest BCUT2D eigenvalue weighted by Crippen LogP contribution is -2.32. The van der Waals surface area contributed by atoms with Crippen LogP contribution >= 0.6 is 12.2 Å². The summed E-state index contributed by atoms with van der Waals surface area (Å²) < 4.78 is 0. The molecule has 0 saturated heterocycles. The van der Waals surface area contributed by atoms with Gasteiger partial charge in [0.1, 0.15) is 0 Å². The van der Waals surface area contributed by atoms with Gasteiger partial charge in [-0.25, -0.2) is 0 Å². The molecule has 0 amide bonds. The fraction of sp³-hybridized carbons (Fsp3) is 0.615. The second-order valence-electron chi connectivity index (χ2n) is 8.01. The zero-order valence-electron chi connectivity index (χ0n) is 19.1. The Hall–Kier alpha value is -1.68. The Morgan fingerprint density at radius 1 is 0.800 bits per heavy atom. The van der Waals surface area contributed by atoms with E-state index < -0.39 is 0 Å². The van der Waals surface area contributed by atoms with E-state index in [-0.39, 0.29) is 0 Å². The van der Waals surface area contributed by atoms with Gasteiger partial charge >= 0.3 is 0 Å². The summed E-state index contributed by atoms with van der Waals surface area (Å²) >= 11 is 5.24. The maximum Gasteiger partial charge on any atom is 0.186 e. The summed E-state index contributed by atoms with van der Waals surface area (Å²) in [4.78, 5) is 0. The van der Waals surface area contributed by atoms with E-state index in [1.807, 2.05) is 30.4 Å².